The number of fused-ring (bicyclic) bond motifs is 1. The van der Waals surface area contributed by atoms with Crippen molar-refractivity contribution in [3.8, 4) is 10.4 Å². The number of carbonyl (C=O) groups excluding carboxylic acids is 1. The fraction of sp³-hybridized carbons (Fsp3) is 0.478. The van der Waals surface area contributed by atoms with E-state index in [4.69, 9.17) is 0 Å². The topological polar surface area (TPSA) is 69.6 Å². The Morgan fingerprint density at radius 3 is 2.72 bits per heavy atom. The first kappa shape index (κ1) is 20.1. The Morgan fingerprint density at radius 2 is 2.03 bits per heavy atom. The lowest BCUT2D eigenvalue weighted by molar-refractivity contribution is -0.119. The predicted octanol–water partition coefficient (Wildman–Crippen LogP) is 4.52. The van der Waals surface area contributed by atoms with Crippen LogP contribution in [-0.2, 0) is 17.6 Å². The summed E-state index contributed by atoms with van der Waals surface area (Å²) in [6.45, 7) is 6.09. The van der Waals surface area contributed by atoms with Crippen LogP contribution in [0.4, 0.5) is 5.69 Å². The monoisotopic (exact) mass is 412 g/mol. The van der Waals surface area contributed by atoms with E-state index in [1.165, 1.54) is 4.88 Å². The van der Waals surface area contributed by atoms with Crippen molar-refractivity contribution in [3.05, 3.63) is 40.3 Å². The number of likely N-dealkylation sites (tertiary alicyclic amines) is 1. The molecule has 0 unspecified atom stereocenters. The normalized spacial score (nSPS) is 21.0. The molecule has 1 aromatic heterocycles. The van der Waals surface area contributed by atoms with Gasteiger partial charge in [-0.1, -0.05) is 32.0 Å². The molecule has 0 bridgehead atoms. The number of rotatable bonds is 4. The molecule has 0 saturated carbocycles. The van der Waals surface area contributed by atoms with Gasteiger partial charge in [-0.3, -0.25) is 4.79 Å². The number of thiophene rings is 1. The van der Waals surface area contributed by atoms with Crippen LogP contribution in [0.1, 0.15) is 47.5 Å². The number of hydrogen-bond donors (Lipinski definition) is 2. The lowest BCUT2D eigenvalue weighted by atomic mass is 9.76. The number of hydrogen-bond acceptors (Lipinski definition) is 4. The number of nitrogens with one attached hydrogen (secondary N) is 1. The summed E-state index contributed by atoms with van der Waals surface area (Å²) in [6.07, 6.45) is 3.61. The number of carboxylic acids is 1. The molecule has 1 saturated heterocycles. The maximum atomic E-state index is 12.8. The molecule has 5 nitrogen and oxygen atoms in total. The quantitative estimate of drug-likeness (QED) is 0.775. The number of benzene rings is 1. The van der Waals surface area contributed by atoms with Gasteiger partial charge in [0.15, 0.2) is 0 Å². The van der Waals surface area contributed by atoms with Crippen molar-refractivity contribution in [2.45, 2.75) is 39.5 Å². The summed E-state index contributed by atoms with van der Waals surface area (Å²) in [4.78, 5) is 29.1. The largest absolute Gasteiger partial charge is 0.478 e. The Bertz CT molecular complexity index is 963. The molecule has 154 valence electrons. The molecule has 1 aliphatic carbocycles. The van der Waals surface area contributed by atoms with Gasteiger partial charge >= 0.3 is 5.97 Å². The molecule has 2 aliphatic rings. The van der Waals surface area contributed by atoms with Gasteiger partial charge in [0, 0.05) is 22.7 Å². The zero-order valence-electron chi connectivity index (χ0n) is 17.2. The fourth-order valence-corrected chi connectivity index (χ4v) is 5.86. The zero-order chi connectivity index (χ0) is 20.8. The van der Waals surface area contributed by atoms with Crippen molar-refractivity contribution in [1.29, 1.82) is 0 Å². The molecular weight excluding hydrogens is 384 g/mol. The summed E-state index contributed by atoms with van der Waals surface area (Å²) in [7, 11) is 2.03. The van der Waals surface area contributed by atoms with Crippen LogP contribution in [-0.4, -0.2) is 42.0 Å². The highest BCUT2D eigenvalue weighted by Crippen LogP contribution is 2.46. The van der Waals surface area contributed by atoms with E-state index in [1.54, 1.807) is 11.3 Å². The van der Waals surface area contributed by atoms with Crippen LogP contribution in [0, 0.1) is 11.3 Å². The Kier molecular flexibility index (Phi) is 5.25. The van der Waals surface area contributed by atoms with Gasteiger partial charge in [-0.15, -0.1) is 11.3 Å². The molecule has 1 aliphatic heterocycles. The SMILES string of the molecule is CN1CC[C@H](C(=O)Nc2ccccc2-c2sc3c(c2C(=O)O)CC(C)(C)CC3)C1. The fourth-order valence-electron chi connectivity index (χ4n) is 4.51. The molecule has 1 atom stereocenters. The van der Waals surface area contributed by atoms with Gasteiger partial charge in [-0.2, -0.15) is 0 Å². The minimum Gasteiger partial charge on any atom is -0.478 e. The van der Waals surface area contributed by atoms with Gasteiger partial charge in [0.25, 0.3) is 0 Å². The number of nitrogens with zero attached hydrogens (tertiary/aromatic N) is 1. The van der Waals surface area contributed by atoms with Crippen LogP contribution < -0.4 is 5.32 Å². The number of amides is 1. The number of aryl methyl sites for hydroxylation is 1. The number of para-hydroxylation sites is 1. The van der Waals surface area contributed by atoms with Crippen LogP contribution in [0.3, 0.4) is 0 Å². The first-order valence-electron chi connectivity index (χ1n) is 10.2. The van der Waals surface area contributed by atoms with Gasteiger partial charge < -0.3 is 15.3 Å². The molecule has 0 radical (unpaired) electrons. The standard InChI is InChI=1S/C23H28N2O3S/c1-23(2)10-8-18-16(12-23)19(22(27)28)20(29-18)15-6-4-5-7-17(15)24-21(26)14-9-11-25(3)13-14/h4-7,14H,8-13H2,1-3H3,(H,24,26)(H,27,28)/t14-/m0/s1. The average molecular weight is 413 g/mol. The van der Waals surface area contributed by atoms with E-state index < -0.39 is 5.97 Å². The van der Waals surface area contributed by atoms with E-state index in [1.807, 2.05) is 31.3 Å². The van der Waals surface area contributed by atoms with E-state index in [9.17, 15) is 14.7 Å². The van der Waals surface area contributed by atoms with Crippen molar-refractivity contribution in [1.82, 2.24) is 4.90 Å². The molecule has 2 heterocycles. The predicted molar refractivity (Wildman–Crippen MR) is 117 cm³/mol. The van der Waals surface area contributed by atoms with Gasteiger partial charge in [-0.05, 0) is 56.3 Å². The maximum Gasteiger partial charge on any atom is 0.337 e. The van der Waals surface area contributed by atoms with Crippen molar-refractivity contribution >= 4 is 28.9 Å². The first-order valence-corrected chi connectivity index (χ1v) is 11.0. The summed E-state index contributed by atoms with van der Waals surface area (Å²) in [6, 6.07) is 7.59. The minimum atomic E-state index is -0.881. The molecular formula is C23H28N2O3S. The smallest absolute Gasteiger partial charge is 0.337 e. The first-order chi connectivity index (χ1) is 13.7. The lowest BCUT2D eigenvalue weighted by Crippen LogP contribution is -2.25. The third-order valence-corrected chi connectivity index (χ3v) is 7.51. The van der Waals surface area contributed by atoms with E-state index >= 15 is 0 Å². The van der Waals surface area contributed by atoms with Crippen molar-refractivity contribution in [2.24, 2.45) is 11.3 Å². The second kappa shape index (κ2) is 7.58. The number of carboxylic acid groups (broad SMARTS) is 1. The van der Waals surface area contributed by atoms with E-state index in [0.29, 0.717) is 11.3 Å². The number of aromatic carboxylic acids is 1. The second-order valence-electron chi connectivity index (χ2n) is 9.14. The molecule has 2 aromatic rings. The van der Waals surface area contributed by atoms with Gasteiger partial charge in [0.2, 0.25) is 5.91 Å². The van der Waals surface area contributed by atoms with Crippen LogP contribution >= 0.6 is 11.3 Å². The number of carbonyl (C=O) groups is 2. The highest BCUT2D eigenvalue weighted by Gasteiger charge is 2.34. The third-order valence-electron chi connectivity index (χ3n) is 6.18. The van der Waals surface area contributed by atoms with Crippen LogP contribution in [0.25, 0.3) is 10.4 Å². The van der Waals surface area contributed by atoms with Gasteiger partial charge in [-0.25, -0.2) is 4.79 Å². The van der Waals surface area contributed by atoms with Crippen LogP contribution in [0.5, 0.6) is 0 Å². The highest BCUT2D eigenvalue weighted by atomic mass is 32.1. The van der Waals surface area contributed by atoms with Crippen LogP contribution in [0.15, 0.2) is 24.3 Å². The molecule has 1 fully saturated rings. The van der Waals surface area contributed by atoms with Gasteiger partial charge in [0.1, 0.15) is 0 Å². The van der Waals surface area contributed by atoms with Crippen molar-refractivity contribution in [2.75, 3.05) is 25.5 Å². The molecule has 0 spiro atoms. The molecule has 1 amide bonds. The lowest BCUT2D eigenvalue weighted by Gasteiger charge is -2.29. The average Bonchev–Trinajstić information content (AvgIpc) is 3.24. The summed E-state index contributed by atoms with van der Waals surface area (Å²) >= 11 is 1.58. The zero-order valence-corrected chi connectivity index (χ0v) is 18.1. The highest BCUT2D eigenvalue weighted by molar-refractivity contribution is 7.16. The summed E-state index contributed by atoms with van der Waals surface area (Å²) in [5.41, 5.74) is 3.01. The Morgan fingerprint density at radius 1 is 1.28 bits per heavy atom. The Hall–Kier alpha value is -2.18. The van der Waals surface area contributed by atoms with Crippen LogP contribution in [0.2, 0.25) is 0 Å². The summed E-state index contributed by atoms with van der Waals surface area (Å²) in [5, 5.41) is 13.1. The Balaban J connectivity index is 1.72. The number of anilines is 1. The van der Waals surface area contributed by atoms with Crippen molar-refractivity contribution < 1.29 is 14.7 Å². The summed E-state index contributed by atoms with van der Waals surface area (Å²) in [5.74, 6) is -0.890. The Labute approximate surface area is 175 Å². The molecule has 1 aromatic carbocycles. The molecule has 29 heavy (non-hydrogen) atoms. The third kappa shape index (κ3) is 3.96. The van der Waals surface area contributed by atoms with Crippen molar-refractivity contribution in [3.63, 3.8) is 0 Å². The maximum absolute atomic E-state index is 12.8. The minimum absolute atomic E-state index is 0.0149. The second-order valence-corrected chi connectivity index (χ2v) is 10.2. The van der Waals surface area contributed by atoms with Gasteiger partial charge in [0.05, 0.1) is 16.4 Å². The molecule has 4 rings (SSSR count). The molecule has 2 N–H and O–H groups in total. The van der Waals surface area contributed by atoms with E-state index in [-0.39, 0.29) is 17.2 Å². The van der Waals surface area contributed by atoms with E-state index in [0.717, 1.165) is 54.8 Å². The van der Waals surface area contributed by atoms with E-state index in [2.05, 4.69) is 24.1 Å². The summed E-state index contributed by atoms with van der Waals surface area (Å²) < 4.78 is 0. The molecule has 6 heteroatoms.